The van der Waals surface area contributed by atoms with Gasteiger partial charge in [-0.3, -0.25) is 0 Å². The molecule has 3 nitrogen and oxygen atoms in total. The second-order valence-electron chi connectivity index (χ2n) is 5.65. The summed E-state index contributed by atoms with van der Waals surface area (Å²) in [5.41, 5.74) is 2.19. The summed E-state index contributed by atoms with van der Waals surface area (Å²) in [7, 11) is 0. The van der Waals surface area contributed by atoms with Crippen molar-refractivity contribution >= 4 is 0 Å². The molecule has 2 rings (SSSR count). The normalized spacial score (nSPS) is 22.4. The van der Waals surface area contributed by atoms with E-state index in [9.17, 15) is 10.2 Å². The highest BCUT2D eigenvalue weighted by Gasteiger charge is 2.20. The maximum atomic E-state index is 10.3. The molecule has 1 aromatic carbocycles. The van der Waals surface area contributed by atoms with Gasteiger partial charge in [-0.05, 0) is 49.8 Å². The minimum atomic E-state index is -0.379. The van der Waals surface area contributed by atoms with Gasteiger partial charge in [0, 0.05) is 19.7 Å². The number of aliphatic hydroxyl groups is 2. The molecule has 1 aliphatic heterocycles. The molecule has 1 saturated heterocycles. The largest absolute Gasteiger partial charge is 0.396 e. The Bertz CT molecular complexity index is 394. The highest BCUT2D eigenvalue weighted by Crippen LogP contribution is 2.22. The fraction of sp³-hybridized carbons (Fsp3) is 0.625. The van der Waals surface area contributed by atoms with Crippen molar-refractivity contribution in [2.24, 2.45) is 5.92 Å². The topological polar surface area (TPSA) is 43.7 Å². The van der Waals surface area contributed by atoms with E-state index in [1.807, 2.05) is 31.2 Å². The third kappa shape index (κ3) is 4.03. The molecule has 0 aliphatic carbocycles. The Morgan fingerprint density at radius 1 is 1.37 bits per heavy atom. The number of hydrogen-bond donors (Lipinski definition) is 2. The van der Waals surface area contributed by atoms with Gasteiger partial charge in [0.05, 0.1) is 6.10 Å². The number of piperidine rings is 1. The van der Waals surface area contributed by atoms with Gasteiger partial charge in [-0.1, -0.05) is 24.3 Å². The van der Waals surface area contributed by atoms with Crippen molar-refractivity contribution in [1.29, 1.82) is 0 Å². The number of benzene rings is 1. The van der Waals surface area contributed by atoms with Crippen LogP contribution in [0.4, 0.5) is 0 Å². The van der Waals surface area contributed by atoms with Crippen LogP contribution >= 0.6 is 0 Å². The van der Waals surface area contributed by atoms with Crippen LogP contribution in [-0.2, 0) is 0 Å². The van der Waals surface area contributed by atoms with Crippen molar-refractivity contribution in [3.8, 4) is 0 Å². The van der Waals surface area contributed by atoms with E-state index in [1.165, 1.54) is 0 Å². The lowest BCUT2D eigenvalue weighted by Gasteiger charge is -2.32. The SMILES string of the molecule is Cc1ccccc1C(O)CCN1CCCC(CO)C1. The van der Waals surface area contributed by atoms with E-state index >= 15 is 0 Å². The number of aliphatic hydroxyl groups excluding tert-OH is 2. The summed E-state index contributed by atoms with van der Waals surface area (Å²) in [5, 5.41) is 19.5. The lowest BCUT2D eigenvalue weighted by Crippen LogP contribution is -2.37. The Labute approximate surface area is 115 Å². The van der Waals surface area contributed by atoms with Gasteiger partial charge < -0.3 is 15.1 Å². The summed E-state index contributed by atoms with van der Waals surface area (Å²) in [6.45, 7) is 5.30. The minimum absolute atomic E-state index is 0.289. The molecule has 1 aromatic rings. The van der Waals surface area contributed by atoms with Crippen LogP contribution < -0.4 is 0 Å². The number of hydrogen-bond acceptors (Lipinski definition) is 3. The fourth-order valence-electron chi connectivity index (χ4n) is 2.92. The number of rotatable bonds is 5. The zero-order chi connectivity index (χ0) is 13.7. The molecule has 1 fully saturated rings. The zero-order valence-corrected chi connectivity index (χ0v) is 11.8. The zero-order valence-electron chi connectivity index (χ0n) is 11.8. The van der Waals surface area contributed by atoms with E-state index in [2.05, 4.69) is 4.90 Å². The second kappa shape index (κ2) is 7.04. The molecule has 0 amide bonds. The summed E-state index contributed by atoms with van der Waals surface area (Å²) in [4.78, 5) is 2.37. The maximum absolute atomic E-state index is 10.3. The van der Waals surface area contributed by atoms with Gasteiger partial charge in [-0.2, -0.15) is 0 Å². The predicted octanol–water partition coefficient (Wildman–Crippen LogP) is 2.12. The molecule has 0 spiro atoms. The first-order valence-corrected chi connectivity index (χ1v) is 7.27. The molecule has 0 radical (unpaired) electrons. The first-order chi connectivity index (χ1) is 9.20. The first kappa shape index (κ1) is 14.5. The van der Waals surface area contributed by atoms with Crippen LogP contribution in [-0.4, -0.2) is 41.4 Å². The van der Waals surface area contributed by atoms with Gasteiger partial charge in [0.25, 0.3) is 0 Å². The highest BCUT2D eigenvalue weighted by molar-refractivity contribution is 5.27. The molecule has 2 unspecified atom stereocenters. The average Bonchev–Trinajstić information content (AvgIpc) is 2.45. The molecule has 0 saturated carbocycles. The number of likely N-dealkylation sites (tertiary alicyclic amines) is 1. The molecule has 0 bridgehead atoms. The number of nitrogens with zero attached hydrogens (tertiary/aromatic N) is 1. The molecular formula is C16H25NO2. The van der Waals surface area contributed by atoms with E-state index in [4.69, 9.17) is 0 Å². The van der Waals surface area contributed by atoms with Gasteiger partial charge in [0.15, 0.2) is 0 Å². The molecule has 0 aromatic heterocycles. The number of aryl methyl sites for hydroxylation is 1. The van der Waals surface area contributed by atoms with Crippen LogP contribution in [0.15, 0.2) is 24.3 Å². The molecule has 19 heavy (non-hydrogen) atoms. The molecule has 1 heterocycles. The van der Waals surface area contributed by atoms with Gasteiger partial charge in [0.2, 0.25) is 0 Å². The van der Waals surface area contributed by atoms with Crippen molar-refractivity contribution in [3.05, 3.63) is 35.4 Å². The summed E-state index contributed by atoms with van der Waals surface area (Å²) >= 11 is 0. The molecule has 1 aliphatic rings. The van der Waals surface area contributed by atoms with E-state index in [1.54, 1.807) is 0 Å². The van der Waals surface area contributed by atoms with Crippen LogP contribution in [0.25, 0.3) is 0 Å². The molecule has 3 heteroatoms. The standard InChI is InChI=1S/C16H25NO2/c1-13-5-2-3-7-15(13)16(19)8-10-17-9-4-6-14(11-17)12-18/h2-3,5,7,14,16,18-19H,4,6,8-12H2,1H3. The minimum Gasteiger partial charge on any atom is -0.396 e. The van der Waals surface area contributed by atoms with Crippen LogP contribution in [0.5, 0.6) is 0 Å². The van der Waals surface area contributed by atoms with Gasteiger partial charge >= 0.3 is 0 Å². The average molecular weight is 263 g/mol. The lowest BCUT2D eigenvalue weighted by molar-refractivity contribution is 0.0960. The Balaban J connectivity index is 1.83. The Morgan fingerprint density at radius 2 is 2.16 bits per heavy atom. The van der Waals surface area contributed by atoms with E-state index < -0.39 is 0 Å². The molecule has 106 valence electrons. The van der Waals surface area contributed by atoms with E-state index in [0.29, 0.717) is 5.92 Å². The van der Waals surface area contributed by atoms with Crippen LogP contribution in [0.3, 0.4) is 0 Å². The Hall–Kier alpha value is -0.900. The van der Waals surface area contributed by atoms with Gasteiger partial charge in [-0.15, -0.1) is 0 Å². The predicted molar refractivity (Wildman–Crippen MR) is 77.0 cm³/mol. The Morgan fingerprint density at radius 3 is 2.89 bits per heavy atom. The van der Waals surface area contributed by atoms with Crippen molar-refractivity contribution in [3.63, 3.8) is 0 Å². The fourth-order valence-corrected chi connectivity index (χ4v) is 2.92. The monoisotopic (exact) mass is 263 g/mol. The maximum Gasteiger partial charge on any atom is 0.0804 e. The summed E-state index contributed by atoms with van der Waals surface area (Å²) in [5.74, 6) is 0.421. The van der Waals surface area contributed by atoms with E-state index in [0.717, 1.165) is 50.0 Å². The van der Waals surface area contributed by atoms with Crippen molar-refractivity contribution in [2.75, 3.05) is 26.2 Å². The third-order valence-corrected chi connectivity index (χ3v) is 4.13. The highest BCUT2D eigenvalue weighted by atomic mass is 16.3. The first-order valence-electron chi connectivity index (χ1n) is 7.27. The smallest absolute Gasteiger partial charge is 0.0804 e. The summed E-state index contributed by atoms with van der Waals surface area (Å²) in [6, 6.07) is 8.03. The van der Waals surface area contributed by atoms with Crippen molar-refractivity contribution in [2.45, 2.75) is 32.3 Å². The second-order valence-corrected chi connectivity index (χ2v) is 5.65. The van der Waals surface area contributed by atoms with Crippen molar-refractivity contribution in [1.82, 2.24) is 4.90 Å². The molecule has 2 N–H and O–H groups in total. The van der Waals surface area contributed by atoms with Crippen molar-refractivity contribution < 1.29 is 10.2 Å². The van der Waals surface area contributed by atoms with Crippen LogP contribution in [0, 0.1) is 12.8 Å². The lowest BCUT2D eigenvalue weighted by atomic mass is 9.97. The summed E-state index contributed by atoms with van der Waals surface area (Å²) < 4.78 is 0. The van der Waals surface area contributed by atoms with Gasteiger partial charge in [-0.25, -0.2) is 0 Å². The molecular weight excluding hydrogens is 238 g/mol. The molecule has 2 atom stereocenters. The van der Waals surface area contributed by atoms with Gasteiger partial charge in [0.1, 0.15) is 0 Å². The third-order valence-electron chi connectivity index (χ3n) is 4.13. The quantitative estimate of drug-likeness (QED) is 0.855. The van der Waals surface area contributed by atoms with Crippen LogP contribution in [0.1, 0.15) is 36.5 Å². The van der Waals surface area contributed by atoms with Crippen LogP contribution in [0.2, 0.25) is 0 Å². The van der Waals surface area contributed by atoms with E-state index in [-0.39, 0.29) is 12.7 Å². The Kier molecular flexibility index (Phi) is 5.37. The summed E-state index contributed by atoms with van der Waals surface area (Å²) in [6.07, 6.45) is 2.68.